The molecule has 1 atom stereocenters. The Morgan fingerprint density at radius 1 is 1.13 bits per heavy atom. The third kappa shape index (κ3) is 4.52. The van der Waals surface area contributed by atoms with Gasteiger partial charge in [0.2, 0.25) is 11.7 Å². The van der Waals surface area contributed by atoms with E-state index in [4.69, 9.17) is 0 Å². The highest BCUT2D eigenvalue weighted by molar-refractivity contribution is 5.77. The Morgan fingerprint density at radius 3 is 2.50 bits per heavy atom. The molecule has 14 heteroatoms. The van der Waals surface area contributed by atoms with Crippen molar-refractivity contribution in [2.24, 2.45) is 5.29 Å². The third-order valence-corrected chi connectivity index (χ3v) is 4.57. The van der Waals surface area contributed by atoms with Crippen molar-refractivity contribution in [3.63, 3.8) is 0 Å². The van der Waals surface area contributed by atoms with E-state index >= 15 is 0 Å². The Bertz CT molecular complexity index is 962. The van der Waals surface area contributed by atoms with Crippen molar-refractivity contribution in [1.82, 2.24) is 25.1 Å². The van der Waals surface area contributed by atoms with Crippen molar-refractivity contribution < 1.29 is 31.1 Å². The number of nitrogens with one attached hydrogen (secondary N) is 1. The maximum atomic E-state index is 13.8. The minimum absolute atomic E-state index is 0.0633. The number of benzene rings is 1. The van der Waals surface area contributed by atoms with Crippen LogP contribution in [0, 0.1) is 22.4 Å². The summed E-state index contributed by atoms with van der Waals surface area (Å²) in [5.41, 5.74) is 1.78. The van der Waals surface area contributed by atoms with Crippen molar-refractivity contribution in [2.45, 2.75) is 38.1 Å². The molecule has 1 aromatic heterocycles. The zero-order chi connectivity index (χ0) is 22.1. The van der Waals surface area contributed by atoms with E-state index in [1.165, 1.54) is 4.90 Å². The number of carbonyl (C=O) groups excluding carboxylic acids is 1. The Morgan fingerprint density at radius 2 is 1.83 bits per heavy atom. The second-order valence-corrected chi connectivity index (χ2v) is 6.59. The van der Waals surface area contributed by atoms with Crippen LogP contribution in [-0.4, -0.2) is 38.2 Å². The number of halogens is 6. The maximum Gasteiger partial charge on any atom is 0.451 e. The summed E-state index contributed by atoms with van der Waals surface area (Å²) in [4.78, 5) is 24.3. The molecule has 30 heavy (non-hydrogen) atoms. The highest BCUT2D eigenvalue weighted by atomic mass is 19.4. The zero-order valence-electron chi connectivity index (χ0n) is 15.1. The van der Waals surface area contributed by atoms with Gasteiger partial charge in [0, 0.05) is 30.9 Å². The predicted molar refractivity (Wildman–Crippen MR) is 87.8 cm³/mol. The molecule has 1 aromatic carbocycles. The molecule has 0 unspecified atom stereocenters. The molecule has 3 rings (SSSR count). The molecule has 8 nitrogen and oxygen atoms in total. The first-order valence-electron chi connectivity index (χ1n) is 8.58. The molecule has 1 amide bonds. The van der Waals surface area contributed by atoms with Gasteiger partial charge >= 0.3 is 6.18 Å². The van der Waals surface area contributed by atoms with Gasteiger partial charge in [-0.25, -0.2) is 13.2 Å². The lowest BCUT2D eigenvalue weighted by molar-refractivity contribution is -0.148. The zero-order valence-corrected chi connectivity index (χ0v) is 15.1. The number of hydrogen-bond donors (Lipinski definition) is 1. The molecule has 162 valence electrons. The number of rotatable bonds is 6. The fraction of sp³-hybridized carbons (Fsp3) is 0.438. The second-order valence-electron chi connectivity index (χ2n) is 6.59. The van der Waals surface area contributed by atoms with Gasteiger partial charge in [-0.3, -0.25) is 10.2 Å². The van der Waals surface area contributed by atoms with Gasteiger partial charge < -0.3 is 9.47 Å². The quantitative estimate of drug-likeness (QED) is 0.325. The van der Waals surface area contributed by atoms with Crippen LogP contribution in [0.3, 0.4) is 0 Å². The van der Waals surface area contributed by atoms with Gasteiger partial charge in [-0.15, -0.1) is 15.1 Å². The molecule has 2 heterocycles. The molecule has 0 fully saturated rings. The fourth-order valence-electron chi connectivity index (χ4n) is 3.14. The molecule has 1 aliphatic rings. The van der Waals surface area contributed by atoms with E-state index in [0.717, 1.165) is 4.57 Å². The average Bonchev–Trinajstić information content (AvgIpc) is 3.09. The molecule has 0 spiro atoms. The van der Waals surface area contributed by atoms with Crippen molar-refractivity contribution in [2.75, 3.05) is 6.54 Å². The molecular formula is C16H14F6N6O2. The van der Waals surface area contributed by atoms with Gasteiger partial charge in [0.15, 0.2) is 17.5 Å². The Labute approximate surface area is 164 Å². The first kappa shape index (κ1) is 21.5. The number of carbonyl (C=O) groups is 1. The van der Waals surface area contributed by atoms with Crippen molar-refractivity contribution in [1.29, 1.82) is 0 Å². The molecule has 0 saturated carbocycles. The molecule has 0 radical (unpaired) electrons. The largest absolute Gasteiger partial charge is 0.451 e. The van der Waals surface area contributed by atoms with Gasteiger partial charge in [-0.2, -0.15) is 13.2 Å². The van der Waals surface area contributed by atoms with E-state index in [9.17, 15) is 36.0 Å². The standard InChI is InChI=1S/C16H14F6N6O2/c17-10-6-12(19)11(18)4-8(10)3-9(23-26-30)5-14(29)27-1-2-28-13(7-27)24-25-15(28)16(20,21)22/h4,6,9H,1-3,5,7H2,(H,23,30)/t9-/m1/s1. The smallest absolute Gasteiger partial charge is 0.333 e. The average molecular weight is 436 g/mol. The van der Waals surface area contributed by atoms with Crippen LogP contribution in [0.2, 0.25) is 0 Å². The summed E-state index contributed by atoms with van der Waals surface area (Å²) in [5.74, 6) is -5.56. The molecule has 0 saturated heterocycles. The molecule has 1 N–H and O–H groups in total. The third-order valence-electron chi connectivity index (χ3n) is 4.57. The lowest BCUT2D eigenvalue weighted by Crippen LogP contribution is -2.42. The molecule has 1 aliphatic heterocycles. The number of aromatic nitrogens is 3. The first-order valence-corrected chi connectivity index (χ1v) is 8.58. The maximum absolute atomic E-state index is 13.8. The Hall–Kier alpha value is -3.19. The van der Waals surface area contributed by atoms with E-state index in [-0.39, 0.29) is 37.4 Å². The van der Waals surface area contributed by atoms with E-state index in [1.807, 2.05) is 0 Å². The number of fused-ring (bicyclic) bond motifs is 1. The van der Waals surface area contributed by atoms with Crippen LogP contribution < -0.4 is 5.43 Å². The Balaban J connectivity index is 1.69. The van der Waals surface area contributed by atoms with Crippen LogP contribution >= 0.6 is 0 Å². The molecular weight excluding hydrogens is 422 g/mol. The van der Waals surface area contributed by atoms with Crippen LogP contribution in [-0.2, 0) is 30.5 Å². The van der Waals surface area contributed by atoms with E-state index in [2.05, 4.69) is 20.9 Å². The summed E-state index contributed by atoms with van der Waals surface area (Å²) in [6.45, 7) is -0.513. The van der Waals surface area contributed by atoms with Crippen molar-refractivity contribution in [3.05, 3.63) is 51.7 Å². The normalized spacial score (nSPS) is 14.9. The molecule has 2 aromatic rings. The lowest BCUT2D eigenvalue weighted by atomic mass is 10.0. The molecule has 0 bridgehead atoms. The van der Waals surface area contributed by atoms with Crippen LogP contribution in [0.1, 0.15) is 23.6 Å². The molecule has 0 aliphatic carbocycles. The van der Waals surface area contributed by atoms with Gasteiger partial charge in [0.05, 0.1) is 12.6 Å². The van der Waals surface area contributed by atoms with Gasteiger partial charge in [0.25, 0.3) is 0 Å². The topological polar surface area (TPSA) is 92.5 Å². The summed E-state index contributed by atoms with van der Waals surface area (Å²) < 4.78 is 79.8. The first-order chi connectivity index (χ1) is 14.1. The van der Waals surface area contributed by atoms with E-state index in [1.54, 1.807) is 0 Å². The minimum Gasteiger partial charge on any atom is -0.333 e. The summed E-state index contributed by atoms with van der Waals surface area (Å²) in [5, 5.41) is 9.02. The minimum atomic E-state index is -4.68. The Kier molecular flexibility index (Phi) is 5.94. The summed E-state index contributed by atoms with van der Waals surface area (Å²) in [6, 6.07) is -0.107. The van der Waals surface area contributed by atoms with Crippen LogP contribution in [0.25, 0.3) is 0 Å². The number of nitrogens with zero attached hydrogens (tertiary/aromatic N) is 5. The second kappa shape index (κ2) is 8.28. The SMILES string of the molecule is O=NN[C@@H](CC(=O)N1CCn2c(nnc2C(F)(F)F)C1)Cc1cc(F)c(F)cc1F. The van der Waals surface area contributed by atoms with Gasteiger partial charge in [-0.05, 0) is 18.1 Å². The van der Waals surface area contributed by atoms with Crippen molar-refractivity contribution >= 4 is 5.91 Å². The number of amides is 1. The summed E-state index contributed by atoms with van der Waals surface area (Å²) in [6.07, 6.45) is -5.44. The predicted octanol–water partition coefficient (Wildman–Crippen LogP) is 2.33. The van der Waals surface area contributed by atoms with Crippen LogP contribution in [0.4, 0.5) is 26.3 Å². The van der Waals surface area contributed by atoms with Crippen molar-refractivity contribution in [3.8, 4) is 0 Å². The lowest BCUT2D eigenvalue weighted by Gasteiger charge is -2.29. The fourth-order valence-corrected chi connectivity index (χ4v) is 3.14. The van der Waals surface area contributed by atoms with Gasteiger partial charge in [0.1, 0.15) is 5.82 Å². The van der Waals surface area contributed by atoms with E-state index < -0.39 is 47.8 Å². The van der Waals surface area contributed by atoms with E-state index in [0.29, 0.717) is 12.1 Å². The summed E-state index contributed by atoms with van der Waals surface area (Å²) in [7, 11) is 0. The highest BCUT2D eigenvalue weighted by Crippen LogP contribution is 2.29. The summed E-state index contributed by atoms with van der Waals surface area (Å²) >= 11 is 0. The number of alkyl halides is 3. The number of hydrogen-bond acceptors (Lipinski definition) is 5. The number of nitroso groups, excluding NO2 is 1. The van der Waals surface area contributed by atoms with Crippen LogP contribution in [0.15, 0.2) is 17.4 Å². The van der Waals surface area contributed by atoms with Crippen LogP contribution in [0.5, 0.6) is 0 Å². The van der Waals surface area contributed by atoms with Gasteiger partial charge in [-0.1, -0.05) is 0 Å². The monoisotopic (exact) mass is 436 g/mol. The highest BCUT2D eigenvalue weighted by Gasteiger charge is 2.40.